The summed E-state index contributed by atoms with van der Waals surface area (Å²) in [5, 5.41) is 2.84. The highest BCUT2D eigenvalue weighted by Gasteiger charge is 2.41. The van der Waals surface area contributed by atoms with Gasteiger partial charge in [-0.2, -0.15) is 0 Å². The van der Waals surface area contributed by atoms with Gasteiger partial charge < -0.3 is 20.0 Å². The second-order valence-electron chi connectivity index (χ2n) is 10.3. The number of allylic oxidation sites excluding steroid dienone is 3. The maximum absolute atomic E-state index is 13.5. The molecule has 6 rings (SSSR count). The largest absolute Gasteiger partial charge is 0.368 e. The summed E-state index contributed by atoms with van der Waals surface area (Å²) >= 11 is 0. The van der Waals surface area contributed by atoms with Crippen molar-refractivity contribution >= 4 is 28.9 Å². The minimum Gasteiger partial charge on any atom is -0.368 e. The predicted molar refractivity (Wildman–Crippen MR) is 159 cm³/mol. The smallest absolute Gasteiger partial charge is 0.294 e. The number of hydrogen-bond acceptors (Lipinski definition) is 6. The number of nitrogens with one attached hydrogen (secondary N) is 1. The van der Waals surface area contributed by atoms with E-state index in [4.69, 9.17) is 4.98 Å². The van der Waals surface area contributed by atoms with Crippen molar-refractivity contribution in [3.63, 3.8) is 0 Å². The molecule has 4 heterocycles. The molecule has 3 aliphatic rings. The number of nitrogens with zero attached hydrogens (tertiary/aromatic N) is 4. The Morgan fingerprint density at radius 2 is 1.62 bits per heavy atom. The van der Waals surface area contributed by atoms with Crippen molar-refractivity contribution in [2.24, 2.45) is 0 Å². The van der Waals surface area contributed by atoms with Gasteiger partial charge in [0, 0.05) is 61.1 Å². The first-order chi connectivity index (χ1) is 19.6. The first-order valence-electron chi connectivity index (χ1n) is 13.9. The van der Waals surface area contributed by atoms with Gasteiger partial charge in [-0.25, -0.2) is 4.98 Å². The summed E-state index contributed by atoms with van der Waals surface area (Å²) in [7, 11) is 0. The summed E-state index contributed by atoms with van der Waals surface area (Å²) in [6, 6.07) is 23.2. The molecular weight excluding hydrogens is 498 g/mol. The molecule has 3 aromatic rings. The normalized spacial score (nSPS) is 19.8. The lowest BCUT2D eigenvalue weighted by molar-refractivity contribution is -0.137. The number of rotatable bonds is 7. The number of aromatic nitrogens is 1. The van der Waals surface area contributed by atoms with Crippen molar-refractivity contribution in [3.05, 3.63) is 120 Å². The molecule has 0 bridgehead atoms. The van der Waals surface area contributed by atoms with Gasteiger partial charge in [0.2, 0.25) is 5.78 Å². The van der Waals surface area contributed by atoms with Crippen LogP contribution in [0.4, 0.5) is 17.2 Å². The molecule has 1 amide bonds. The third-order valence-electron chi connectivity index (χ3n) is 7.84. The molecule has 0 radical (unpaired) electrons. The summed E-state index contributed by atoms with van der Waals surface area (Å²) in [6.07, 6.45) is 10.7. The van der Waals surface area contributed by atoms with Crippen LogP contribution in [0.25, 0.3) is 0 Å². The van der Waals surface area contributed by atoms with E-state index in [1.54, 1.807) is 0 Å². The molecule has 0 saturated carbocycles. The molecule has 1 aromatic heterocycles. The SMILES string of the molecule is CCc1cccc(N2CCN(c3ccc(NC(=O)C(=O)C4C(c5ccccc5)C=C5C=CC=CN54)cc3)CC2)n1. The van der Waals surface area contributed by atoms with Crippen LogP contribution in [-0.4, -0.2) is 53.8 Å². The van der Waals surface area contributed by atoms with E-state index in [9.17, 15) is 9.59 Å². The highest BCUT2D eigenvalue weighted by atomic mass is 16.2. The van der Waals surface area contributed by atoms with Crippen LogP contribution >= 0.6 is 0 Å². The van der Waals surface area contributed by atoms with Gasteiger partial charge >= 0.3 is 0 Å². The highest BCUT2D eigenvalue weighted by Crippen LogP contribution is 2.37. The maximum atomic E-state index is 13.5. The van der Waals surface area contributed by atoms with E-state index in [-0.39, 0.29) is 5.92 Å². The number of Topliss-reactive ketones (excluding diaryl/α,β-unsaturated/α-hetero) is 1. The zero-order valence-electron chi connectivity index (χ0n) is 22.6. The third kappa shape index (κ3) is 5.15. The average Bonchev–Trinajstić information content (AvgIpc) is 3.41. The van der Waals surface area contributed by atoms with Crippen molar-refractivity contribution in [2.75, 3.05) is 41.3 Å². The standard InChI is InChI=1S/C33H33N5O2/c1-2-25-11-8-13-30(34-25)37-21-19-36(20-22-37)27-16-14-26(15-17-27)35-33(40)32(39)31-29(24-9-4-3-5-10-24)23-28-12-6-7-18-38(28)31/h3-18,23,29,31H,2,19-22H2,1H3,(H,35,40). The molecule has 1 saturated heterocycles. The van der Waals surface area contributed by atoms with E-state index in [0.717, 1.165) is 61.1 Å². The molecule has 2 atom stereocenters. The summed E-state index contributed by atoms with van der Waals surface area (Å²) in [5.41, 5.74) is 4.76. The molecule has 7 nitrogen and oxygen atoms in total. The highest BCUT2D eigenvalue weighted by molar-refractivity contribution is 6.42. The fourth-order valence-electron chi connectivity index (χ4n) is 5.67. The topological polar surface area (TPSA) is 68.8 Å². The summed E-state index contributed by atoms with van der Waals surface area (Å²) < 4.78 is 0. The second kappa shape index (κ2) is 11.2. The first-order valence-corrected chi connectivity index (χ1v) is 13.9. The lowest BCUT2D eigenvalue weighted by atomic mass is 9.90. The molecule has 0 aliphatic carbocycles. The lowest BCUT2D eigenvalue weighted by Gasteiger charge is -2.37. The van der Waals surface area contributed by atoms with Crippen LogP contribution in [-0.2, 0) is 16.0 Å². The number of carbonyl (C=O) groups is 2. The zero-order chi connectivity index (χ0) is 27.5. The van der Waals surface area contributed by atoms with Crippen molar-refractivity contribution in [3.8, 4) is 0 Å². The summed E-state index contributed by atoms with van der Waals surface area (Å²) in [6.45, 7) is 5.69. The van der Waals surface area contributed by atoms with Crippen molar-refractivity contribution in [1.29, 1.82) is 0 Å². The van der Waals surface area contributed by atoms with Crippen LogP contribution < -0.4 is 15.1 Å². The second-order valence-corrected chi connectivity index (χ2v) is 10.3. The first kappa shape index (κ1) is 25.6. The van der Waals surface area contributed by atoms with E-state index >= 15 is 0 Å². The van der Waals surface area contributed by atoms with Gasteiger partial charge in [-0.15, -0.1) is 0 Å². The van der Waals surface area contributed by atoms with E-state index in [2.05, 4.69) is 46.3 Å². The Morgan fingerprint density at radius 3 is 2.38 bits per heavy atom. The van der Waals surface area contributed by atoms with E-state index < -0.39 is 17.7 Å². The monoisotopic (exact) mass is 531 g/mol. The predicted octanol–water partition coefficient (Wildman–Crippen LogP) is 4.91. The molecule has 7 heteroatoms. The van der Waals surface area contributed by atoms with Crippen molar-refractivity contribution < 1.29 is 9.59 Å². The van der Waals surface area contributed by atoms with E-state index in [1.165, 1.54) is 0 Å². The molecule has 2 unspecified atom stereocenters. The van der Waals surface area contributed by atoms with Gasteiger partial charge in [0.05, 0.1) is 0 Å². The van der Waals surface area contributed by atoms with Gasteiger partial charge in [0.15, 0.2) is 0 Å². The maximum Gasteiger partial charge on any atom is 0.294 e. The average molecular weight is 532 g/mol. The number of fused-ring (bicyclic) bond motifs is 1. The zero-order valence-corrected chi connectivity index (χ0v) is 22.6. The summed E-state index contributed by atoms with van der Waals surface area (Å²) in [5.74, 6) is -0.230. The van der Waals surface area contributed by atoms with Gasteiger partial charge in [-0.05, 0) is 60.5 Å². The van der Waals surface area contributed by atoms with Crippen molar-refractivity contribution in [2.45, 2.75) is 25.3 Å². The Hall–Kier alpha value is -4.65. The molecule has 202 valence electrons. The van der Waals surface area contributed by atoms with Crippen LogP contribution in [0.1, 0.15) is 24.1 Å². The Morgan fingerprint density at radius 1 is 0.875 bits per heavy atom. The number of hydrogen-bond donors (Lipinski definition) is 1. The minimum absolute atomic E-state index is 0.206. The van der Waals surface area contributed by atoms with Crippen LogP contribution in [0.2, 0.25) is 0 Å². The van der Waals surface area contributed by atoms with Crippen LogP contribution in [0, 0.1) is 0 Å². The Labute approximate surface area is 235 Å². The minimum atomic E-state index is -0.623. The summed E-state index contributed by atoms with van der Waals surface area (Å²) in [4.78, 5) is 38.0. The Kier molecular flexibility index (Phi) is 7.19. The molecule has 3 aliphatic heterocycles. The fourth-order valence-corrected chi connectivity index (χ4v) is 5.67. The number of carbonyl (C=O) groups excluding carboxylic acids is 2. The Bertz CT molecular complexity index is 1470. The molecule has 2 aromatic carbocycles. The lowest BCUT2D eigenvalue weighted by Crippen LogP contribution is -2.46. The number of piperazine rings is 1. The number of pyridine rings is 1. The number of ketones is 1. The van der Waals surface area contributed by atoms with Gasteiger partial charge in [0.1, 0.15) is 11.9 Å². The number of amides is 1. The molecule has 1 N–H and O–H groups in total. The van der Waals surface area contributed by atoms with Crippen LogP contribution in [0.15, 0.2) is 109 Å². The van der Waals surface area contributed by atoms with E-state index in [0.29, 0.717) is 5.69 Å². The molecule has 40 heavy (non-hydrogen) atoms. The molecule has 0 spiro atoms. The van der Waals surface area contributed by atoms with Gasteiger partial charge in [-0.3, -0.25) is 9.59 Å². The Balaban J connectivity index is 1.09. The van der Waals surface area contributed by atoms with Gasteiger partial charge in [0.25, 0.3) is 5.91 Å². The molecular formula is C33H33N5O2. The van der Waals surface area contributed by atoms with E-state index in [1.807, 2.05) is 83.9 Å². The van der Waals surface area contributed by atoms with Gasteiger partial charge in [-0.1, -0.05) is 55.5 Å². The fraction of sp³-hybridized carbons (Fsp3) is 0.242. The van der Waals surface area contributed by atoms with Crippen LogP contribution in [0.5, 0.6) is 0 Å². The quantitative estimate of drug-likeness (QED) is 0.437. The number of benzene rings is 2. The molecule has 1 fully saturated rings. The number of anilines is 3. The van der Waals surface area contributed by atoms with Crippen LogP contribution in [0.3, 0.4) is 0 Å². The third-order valence-corrected chi connectivity index (χ3v) is 7.84. The number of aryl methyl sites for hydroxylation is 1. The van der Waals surface area contributed by atoms with Crippen molar-refractivity contribution in [1.82, 2.24) is 9.88 Å².